The lowest BCUT2D eigenvalue weighted by molar-refractivity contribution is 0.171. The first-order valence-corrected chi connectivity index (χ1v) is 6.82. The van der Waals surface area contributed by atoms with Gasteiger partial charge in [0.1, 0.15) is 0 Å². The van der Waals surface area contributed by atoms with Gasteiger partial charge < -0.3 is 30.4 Å². The summed E-state index contributed by atoms with van der Waals surface area (Å²) in [5.41, 5.74) is 6.84. The second kappa shape index (κ2) is 7.33. The second-order valence-electron chi connectivity index (χ2n) is 4.63. The van der Waals surface area contributed by atoms with Crippen LogP contribution in [0.25, 0.3) is 0 Å². The van der Waals surface area contributed by atoms with E-state index in [-0.39, 0.29) is 19.4 Å². The molecule has 6 heteroatoms. The summed E-state index contributed by atoms with van der Waals surface area (Å²) < 4.78 is 16.1. The Balaban J connectivity index is 2.09. The molecule has 1 aromatic rings. The van der Waals surface area contributed by atoms with Crippen molar-refractivity contribution in [3.8, 4) is 17.2 Å². The Morgan fingerprint density at radius 3 is 2.95 bits per heavy atom. The maximum Gasteiger partial charge on any atom is 0.231 e. The third kappa shape index (κ3) is 3.33. The smallest absolute Gasteiger partial charge is 0.231 e. The quantitative estimate of drug-likeness (QED) is 0.611. The highest BCUT2D eigenvalue weighted by Gasteiger charge is 2.22. The maximum atomic E-state index is 8.78. The highest BCUT2D eigenvalue weighted by molar-refractivity contribution is 5.55. The van der Waals surface area contributed by atoms with Crippen molar-refractivity contribution < 1.29 is 19.3 Å². The summed E-state index contributed by atoms with van der Waals surface area (Å²) >= 11 is 0. The highest BCUT2D eigenvalue weighted by Crippen LogP contribution is 2.42. The number of hydrogen-bond donors (Lipinski definition) is 3. The number of rotatable bonds is 8. The summed E-state index contributed by atoms with van der Waals surface area (Å²) in [7, 11) is 1.60. The van der Waals surface area contributed by atoms with Crippen LogP contribution in [0.4, 0.5) is 0 Å². The first-order valence-electron chi connectivity index (χ1n) is 6.82. The van der Waals surface area contributed by atoms with E-state index in [9.17, 15) is 0 Å². The molecule has 1 atom stereocenters. The number of methoxy groups -OCH3 is 1. The van der Waals surface area contributed by atoms with Gasteiger partial charge in [-0.3, -0.25) is 0 Å². The van der Waals surface area contributed by atoms with Gasteiger partial charge in [0.2, 0.25) is 12.5 Å². The van der Waals surface area contributed by atoms with Gasteiger partial charge in [0.05, 0.1) is 7.11 Å². The summed E-state index contributed by atoms with van der Waals surface area (Å²) in [5, 5.41) is 12.2. The standard InChI is InChI=1S/C14H22N2O4/c1-18-12-6-10(7-13-14(12)20-9-19-13)11(8-15)16-4-2-3-5-17/h6-7,11,16-17H,2-5,8-9,15H2,1H3. The van der Waals surface area contributed by atoms with E-state index in [4.69, 9.17) is 25.1 Å². The number of benzene rings is 1. The fourth-order valence-corrected chi connectivity index (χ4v) is 2.20. The summed E-state index contributed by atoms with van der Waals surface area (Å²) in [6.45, 7) is 1.71. The van der Waals surface area contributed by atoms with Gasteiger partial charge in [0.25, 0.3) is 0 Å². The molecule has 112 valence electrons. The number of nitrogens with one attached hydrogen (secondary N) is 1. The molecule has 0 amide bonds. The lowest BCUT2D eigenvalue weighted by Gasteiger charge is -2.18. The first-order chi connectivity index (χ1) is 9.80. The fourth-order valence-electron chi connectivity index (χ4n) is 2.20. The van der Waals surface area contributed by atoms with Gasteiger partial charge in [-0.2, -0.15) is 0 Å². The number of nitrogens with two attached hydrogens (primary N) is 1. The van der Waals surface area contributed by atoms with Gasteiger partial charge in [-0.1, -0.05) is 0 Å². The third-order valence-electron chi connectivity index (χ3n) is 3.29. The number of aliphatic hydroxyl groups excluding tert-OH is 1. The molecule has 1 unspecified atom stereocenters. The van der Waals surface area contributed by atoms with Crippen LogP contribution in [0.3, 0.4) is 0 Å². The van der Waals surface area contributed by atoms with Crippen LogP contribution in [0.5, 0.6) is 17.2 Å². The van der Waals surface area contributed by atoms with Crippen molar-refractivity contribution in [2.45, 2.75) is 18.9 Å². The molecular weight excluding hydrogens is 260 g/mol. The SMILES string of the molecule is COc1cc(C(CN)NCCCCO)cc2c1OCO2. The number of hydrogen-bond acceptors (Lipinski definition) is 6. The lowest BCUT2D eigenvalue weighted by atomic mass is 10.1. The molecule has 4 N–H and O–H groups in total. The topological polar surface area (TPSA) is 86.0 Å². The number of fused-ring (bicyclic) bond motifs is 1. The minimum absolute atomic E-state index is 0.0251. The molecule has 20 heavy (non-hydrogen) atoms. The molecule has 1 heterocycles. The third-order valence-corrected chi connectivity index (χ3v) is 3.29. The van der Waals surface area contributed by atoms with Gasteiger partial charge in [0.15, 0.2) is 11.5 Å². The zero-order chi connectivity index (χ0) is 14.4. The van der Waals surface area contributed by atoms with E-state index in [1.54, 1.807) is 7.11 Å². The average Bonchev–Trinajstić information content (AvgIpc) is 2.94. The Bertz CT molecular complexity index is 439. The van der Waals surface area contributed by atoms with E-state index < -0.39 is 0 Å². The Morgan fingerprint density at radius 2 is 2.25 bits per heavy atom. The number of ether oxygens (including phenoxy) is 3. The first kappa shape index (κ1) is 14.9. The molecular formula is C14H22N2O4. The zero-order valence-electron chi connectivity index (χ0n) is 11.7. The van der Waals surface area contributed by atoms with Crippen LogP contribution in [0, 0.1) is 0 Å². The van der Waals surface area contributed by atoms with Crippen molar-refractivity contribution in [3.05, 3.63) is 17.7 Å². The predicted molar refractivity (Wildman–Crippen MR) is 75.2 cm³/mol. The number of unbranched alkanes of at least 4 members (excludes halogenated alkanes) is 1. The van der Waals surface area contributed by atoms with Crippen molar-refractivity contribution in [1.82, 2.24) is 5.32 Å². The molecule has 0 bridgehead atoms. The van der Waals surface area contributed by atoms with Crippen LogP contribution < -0.4 is 25.3 Å². The predicted octanol–water partition coefficient (Wildman–Crippen LogP) is 0.786. The molecule has 2 rings (SSSR count). The Labute approximate surface area is 118 Å². The van der Waals surface area contributed by atoms with Gasteiger partial charge in [0, 0.05) is 19.2 Å². The van der Waals surface area contributed by atoms with Gasteiger partial charge in [-0.15, -0.1) is 0 Å². The van der Waals surface area contributed by atoms with Crippen LogP contribution in [-0.4, -0.2) is 38.7 Å². The van der Waals surface area contributed by atoms with Gasteiger partial charge >= 0.3 is 0 Å². The largest absolute Gasteiger partial charge is 0.493 e. The minimum Gasteiger partial charge on any atom is -0.493 e. The van der Waals surface area contributed by atoms with Crippen molar-refractivity contribution >= 4 is 0 Å². The lowest BCUT2D eigenvalue weighted by Crippen LogP contribution is -2.29. The maximum absolute atomic E-state index is 8.78. The molecule has 6 nitrogen and oxygen atoms in total. The fraction of sp³-hybridized carbons (Fsp3) is 0.571. The van der Waals surface area contributed by atoms with Crippen LogP contribution in [0.1, 0.15) is 24.4 Å². The van der Waals surface area contributed by atoms with Crippen LogP contribution in [0.15, 0.2) is 12.1 Å². The molecule has 1 aromatic carbocycles. The van der Waals surface area contributed by atoms with E-state index in [1.807, 2.05) is 12.1 Å². The van der Waals surface area contributed by atoms with E-state index in [1.165, 1.54) is 0 Å². The Morgan fingerprint density at radius 1 is 1.40 bits per heavy atom. The molecule has 0 aliphatic carbocycles. The monoisotopic (exact) mass is 282 g/mol. The van der Waals surface area contributed by atoms with Crippen molar-refractivity contribution in [3.63, 3.8) is 0 Å². The normalized spacial score (nSPS) is 14.3. The van der Waals surface area contributed by atoms with Crippen LogP contribution >= 0.6 is 0 Å². The van der Waals surface area contributed by atoms with E-state index in [0.29, 0.717) is 23.8 Å². The molecule has 0 saturated heterocycles. The molecule has 0 aromatic heterocycles. The Kier molecular flexibility index (Phi) is 5.46. The summed E-state index contributed by atoms with van der Waals surface area (Å²) in [6, 6.07) is 3.88. The number of aliphatic hydroxyl groups is 1. The van der Waals surface area contributed by atoms with E-state index >= 15 is 0 Å². The Hall–Kier alpha value is -1.50. The van der Waals surface area contributed by atoms with Crippen LogP contribution in [0.2, 0.25) is 0 Å². The van der Waals surface area contributed by atoms with E-state index in [0.717, 1.165) is 24.9 Å². The summed E-state index contributed by atoms with van der Waals surface area (Å²) in [4.78, 5) is 0. The molecule has 1 aliphatic heterocycles. The molecule has 0 radical (unpaired) electrons. The average molecular weight is 282 g/mol. The zero-order valence-corrected chi connectivity index (χ0v) is 11.7. The summed E-state index contributed by atoms with van der Waals surface area (Å²) in [6.07, 6.45) is 1.70. The van der Waals surface area contributed by atoms with Gasteiger partial charge in [-0.25, -0.2) is 0 Å². The van der Waals surface area contributed by atoms with E-state index in [2.05, 4.69) is 5.32 Å². The van der Waals surface area contributed by atoms with Crippen LogP contribution in [-0.2, 0) is 0 Å². The molecule has 0 fully saturated rings. The second-order valence-corrected chi connectivity index (χ2v) is 4.63. The summed E-state index contributed by atoms with van der Waals surface area (Å²) in [5.74, 6) is 1.99. The minimum atomic E-state index is 0.0251. The van der Waals surface area contributed by atoms with Gasteiger partial charge in [-0.05, 0) is 37.1 Å². The van der Waals surface area contributed by atoms with Crippen molar-refractivity contribution in [2.75, 3.05) is 33.6 Å². The molecule has 0 spiro atoms. The van der Waals surface area contributed by atoms with Crippen molar-refractivity contribution in [2.24, 2.45) is 5.73 Å². The molecule has 0 saturated carbocycles. The molecule has 1 aliphatic rings. The van der Waals surface area contributed by atoms with Crippen molar-refractivity contribution in [1.29, 1.82) is 0 Å². The highest BCUT2D eigenvalue weighted by atomic mass is 16.7.